The predicted molar refractivity (Wildman–Crippen MR) is 114 cm³/mol. The molecule has 0 unspecified atom stereocenters. The first-order valence-electron chi connectivity index (χ1n) is 9.30. The van der Waals surface area contributed by atoms with Gasteiger partial charge in [-0.2, -0.15) is 0 Å². The van der Waals surface area contributed by atoms with Crippen LogP contribution in [0.4, 0.5) is 0 Å². The largest absolute Gasteiger partial charge is 0.456 e. The zero-order chi connectivity index (χ0) is 20.7. The number of carbonyl (C=O) groups excluding carboxylic acids is 1. The summed E-state index contributed by atoms with van der Waals surface area (Å²) in [5.74, 6) is 0.907. The van der Waals surface area contributed by atoms with Gasteiger partial charge in [-0.05, 0) is 78.6 Å². The van der Waals surface area contributed by atoms with E-state index in [0.717, 1.165) is 49.6 Å². The molecule has 1 aliphatic heterocycles. The Kier molecular flexibility index (Phi) is 4.48. The van der Waals surface area contributed by atoms with E-state index in [0.29, 0.717) is 11.3 Å². The molecule has 0 aliphatic carbocycles. The lowest BCUT2D eigenvalue weighted by molar-refractivity contribution is 0.0691. The monoisotopic (exact) mass is 380 g/mol. The van der Waals surface area contributed by atoms with Gasteiger partial charge in [0.1, 0.15) is 17.6 Å². The van der Waals surface area contributed by atoms with Crippen LogP contribution in [-0.4, -0.2) is 5.97 Å². The predicted octanol–water partition coefficient (Wildman–Crippen LogP) is 4.12. The van der Waals surface area contributed by atoms with Crippen molar-refractivity contribution in [1.29, 1.82) is 0 Å². The van der Waals surface area contributed by atoms with Crippen LogP contribution in [0.15, 0.2) is 48.5 Å². The first-order valence-corrected chi connectivity index (χ1v) is 9.30. The average molecular weight is 380 g/mol. The summed E-state index contributed by atoms with van der Waals surface area (Å²) >= 11 is 0. The summed E-state index contributed by atoms with van der Waals surface area (Å²) in [5.41, 5.74) is 6.32. The number of hydrogen-bond donors (Lipinski definition) is 0. The molecule has 3 nitrogen and oxygen atoms in total. The Morgan fingerprint density at radius 2 is 1.69 bits per heavy atom. The van der Waals surface area contributed by atoms with Crippen molar-refractivity contribution >= 4 is 18.1 Å². The highest BCUT2D eigenvalue weighted by Gasteiger charge is 2.25. The third-order valence-corrected chi connectivity index (χ3v) is 5.36. The van der Waals surface area contributed by atoms with Gasteiger partial charge in [0, 0.05) is 16.4 Å². The lowest BCUT2D eigenvalue weighted by Crippen LogP contribution is -2.22. The molecule has 3 aromatic carbocycles. The van der Waals surface area contributed by atoms with Crippen molar-refractivity contribution in [3.05, 3.63) is 92.3 Å². The molecule has 1 aliphatic rings. The molecule has 0 aromatic heterocycles. The Labute approximate surface area is 169 Å². The van der Waals surface area contributed by atoms with Gasteiger partial charge in [-0.3, -0.25) is 0 Å². The van der Waals surface area contributed by atoms with Crippen molar-refractivity contribution in [2.45, 2.75) is 20.8 Å². The van der Waals surface area contributed by atoms with E-state index >= 15 is 0 Å². The van der Waals surface area contributed by atoms with E-state index in [1.165, 1.54) is 0 Å². The fraction of sp³-hybridized carbons (Fsp3) is 0.115. The second-order valence-corrected chi connectivity index (χ2v) is 7.24. The van der Waals surface area contributed by atoms with Crippen molar-refractivity contribution in [1.82, 2.24) is 0 Å². The Morgan fingerprint density at radius 1 is 0.966 bits per heavy atom. The van der Waals surface area contributed by atoms with Gasteiger partial charge in [0.15, 0.2) is 0 Å². The zero-order valence-corrected chi connectivity index (χ0v) is 16.6. The molecule has 4 rings (SSSR count). The van der Waals surface area contributed by atoms with Crippen LogP contribution in [-0.2, 0) is 4.74 Å². The van der Waals surface area contributed by atoms with Gasteiger partial charge >= 0.3 is 5.97 Å². The molecule has 0 bridgehead atoms. The van der Waals surface area contributed by atoms with Crippen molar-refractivity contribution < 1.29 is 14.3 Å². The van der Waals surface area contributed by atoms with Crippen molar-refractivity contribution in [3.8, 4) is 24.0 Å². The minimum Gasteiger partial charge on any atom is -0.456 e. The van der Waals surface area contributed by atoms with E-state index in [1.807, 2.05) is 44.2 Å². The van der Waals surface area contributed by atoms with Crippen LogP contribution >= 0.6 is 0 Å². The number of benzene rings is 3. The SMILES string of the molecule is C#COC(=O)c1ccccc1C1=c2cc(C)c(=C)cc2Oc2cc(C)c(C)cc21. The number of hydrogen-bond acceptors (Lipinski definition) is 3. The first kappa shape index (κ1) is 18.6. The Morgan fingerprint density at radius 3 is 2.45 bits per heavy atom. The molecule has 0 saturated heterocycles. The molecule has 3 heteroatoms. The molecule has 1 heterocycles. The topological polar surface area (TPSA) is 35.5 Å². The van der Waals surface area contributed by atoms with Gasteiger partial charge in [-0.1, -0.05) is 31.2 Å². The molecule has 0 fully saturated rings. The number of esters is 1. The fourth-order valence-corrected chi connectivity index (χ4v) is 3.62. The van der Waals surface area contributed by atoms with E-state index in [-0.39, 0.29) is 0 Å². The highest BCUT2D eigenvalue weighted by atomic mass is 16.5. The maximum atomic E-state index is 12.6. The first-order chi connectivity index (χ1) is 13.9. The lowest BCUT2D eigenvalue weighted by Gasteiger charge is -2.24. The minimum atomic E-state index is -0.556. The van der Waals surface area contributed by atoms with Crippen LogP contribution in [0, 0.1) is 33.3 Å². The van der Waals surface area contributed by atoms with E-state index in [2.05, 4.69) is 25.6 Å². The van der Waals surface area contributed by atoms with Gasteiger partial charge in [-0.15, -0.1) is 0 Å². The van der Waals surface area contributed by atoms with Crippen LogP contribution in [0.3, 0.4) is 0 Å². The Hall–Kier alpha value is -3.77. The van der Waals surface area contributed by atoms with E-state index in [1.54, 1.807) is 12.1 Å². The highest BCUT2D eigenvalue weighted by molar-refractivity contribution is 5.99. The van der Waals surface area contributed by atoms with E-state index in [9.17, 15) is 4.79 Å². The normalized spacial score (nSPS) is 11.7. The zero-order valence-electron chi connectivity index (χ0n) is 16.6. The van der Waals surface area contributed by atoms with Crippen LogP contribution in [0.25, 0.3) is 12.2 Å². The lowest BCUT2D eigenvalue weighted by atomic mass is 9.87. The smallest absolute Gasteiger partial charge is 0.352 e. The third-order valence-electron chi connectivity index (χ3n) is 5.36. The summed E-state index contributed by atoms with van der Waals surface area (Å²) in [6, 6.07) is 15.4. The summed E-state index contributed by atoms with van der Waals surface area (Å²) in [5, 5.41) is 1.81. The number of fused-ring (bicyclic) bond motifs is 2. The Bertz CT molecular complexity index is 1320. The van der Waals surface area contributed by atoms with Gasteiger partial charge in [0.05, 0.1) is 5.56 Å². The molecular formula is C26H20O3. The minimum absolute atomic E-state index is 0.411. The van der Waals surface area contributed by atoms with Gasteiger partial charge in [0.25, 0.3) is 0 Å². The molecule has 0 N–H and O–H groups in total. The fourth-order valence-electron chi connectivity index (χ4n) is 3.62. The quantitative estimate of drug-likeness (QED) is 0.388. The molecule has 0 amide bonds. The van der Waals surface area contributed by atoms with E-state index < -0.39 is 5.97 Å². The Balaban J connectivity index is 2.15. The molecule has 0 atom stereocenters. The number of rotatable bonds is 2. The highest BCUT2D eigenvalue weighted by Crippen LogP contribution is 2.38. The second-order valence-electron chi connectivity index (χ2n) is 7.24. The number of aryl methyl sites for hydroxylation is 3. The summed E-state index contributed by atoms with van der Waals surface area (Å²) in [7, 11) is 0. The van der Waals surface area contributed by atoms with Gasteiger partial charge < -0.3 is 9.47 Å². The van der Waals surface area contributed by atoms with Crippen LogP contribution < -0.4 is 15.2 Å². The van der Waals surface area contributed by atoms with Crippen LogP contribution in [0.1, 0.15) is 38.2 Å². The summed E-state index contributed by atoms with van der Waals surface area (Å²) in [6.45, 7) is 10.2. The number of ether oxygens (including phenoxy) is 2. The molecule has 3 aromatic rings. The molecule has 0 radical (unpaired) electrons. The molecule has 29 heavy (non-hydrogen) atoms. The van der Waals surface area contributed by atoms with Crippen molar-refractivity contribution in [3.63, 3.8) is 0 Å². The number of carbonyl (C=O) groups is 1. The summed E-state index contributed by atoms with van der Waals surface area (Å²) in [4.78, 5) is 12.6. The van der Waals surface area contributed by atoms with Gasteiger partial charge in [-0.25, -0.2) is 4.79 Å². The third kappa shape index (κ3) is 3.09. The molecule has 142 valence electrons. The summed E-state index contributed by atoms with van der Waals surface area (Å²) in [6.07, 6.45) is 7.17. The molecule has 0 saturated carbocycles. The molecular weight excluding hydrogens is 360 g/mol. The van der Waals surface area contributed by atoms with Crippen LogP contribution in [0.5, 0.6) is 11.5 Å². The van der Waals surface area contributed by atoms with Crippen molar-refractivity contribution in [2.75, 3.05) is 0 Å². The van der Waals surface area contributed by atoms with Crippen LogP contribution in [0.2, 0.25) is 0 Å². The van der Waals surface area contributed by atoms with Crippen molar-refractivity contribution in [2.24, 2.45) is 0 Å². The summed E-state index contributed by atoms with van der Waals surface area (Å²) < 4.78 is 11.1. The number of terminal acetylenes is 1. The second kappa shape index (κ2) is 7.00. The standard InChI is InChI=1S/C26H20O3/c1-6-28-26(27)20-10-8-7-9-19(20)25-21-11-15(2)17(4)13-23(21)29-24-14-18(5)16(3)12-22(24)25/h1,7-14H,4H2,2-3,5H3. The average Bonchev–Trinajstić information content (AvgIpc) is 2.69. The van der Waals surface area contributed by atoms with E-state index in [4.69, 9.17) is 15.9 Å². The van der Waals surface area contributed by atoms with Gasteiger partial charge in [0.2, 0.25) is 0 Å². The maximum Gasteiger partial charge on any atom is 0.352 e. The molecule has 0 spiro atoms. The maximum absolute atomic E-state index is 12.6.